The van der Waals surface area contributed by atoms with Crippen molar-refractivity contribution in [1.29, 1.82) is 0 Å². The average Bonchev–Trinajstić information content (AvgIpc) is 0. The Balaban J connectivity index is 0. The number of rotatable bonds is 0. The van der Waals surface area contributed by atoms with Crippen LogP contribution in [-0.2, 0) is 27.4 Å². The quantitative estimate of drug-likeness (QED) is 0.415. The molecule has 0 aliphatic rings. The molecule has 83 valence electrons. The van der Waals surface area contributed by atoms with Gasteiger partial charge in [-0.05, 0) is 0 Å². The van der Waals surface area contributed by atoms with Crippen LogP contribution < -0.4 is 0 Å². The van der Waals surface area contributed by atoms with Gasteiger partial charge in [-0.15, -0.1) is 0 Å². The van der Waals surface area contributed by atoms with Crippen LogP contribution in [0.3, 0.4) is 0 Å². The van der Waals surface area contributed by atoms with Crippen LogP contribution in [0.1, 0.15) is 0 Å². The molecule has 13 heteroatoms. The second-order valence-corrected chi connectivity index (χ2v) is 0. The van der Waals surface area contributed by atoms with Crippen LogP contribution in [0.15, 0.2) is 0 Å². The minimum absolute atomic E-state index is 0. The van der Waals surface area contributed by atoms with Crippen molar-refractivity contribution in [3.63, 3.8) is 0 Å². The van der Waals surface area contributed by atoms with Gasteiger partial charge in [0, 0.05) is 39.3 Å². The third-order valence-corrected chi connectivity index (χ3v) is 0. The molecule has 0 aromatic heterocycles. The average molecular weight is 258 g/mol. The maximum Gasteiger partial charge on any atom is 3.00 e. The van der Waals surface area contributed by atoms with Crippen molar-refractivity contribution in [2.24, 2.45) is 0 Å². The number of hydrogen-bond acceptors (Lipinski definition) is 4. The largest absolute Gasteiger partial charge is 3.00 e. The molecule has 13 heavy (non-hydrogen) atoms. The summed E-state index contributed by atoms with van der Waals surface area (Å²) >= 11 is 0. The fourth-order valence-electron chi connectivity index (χ4n) is 0. The van der Waals surface area contributed by atoms with Gasteiger partial charge in [0.25, 0.3) is 0 Å². The Morgan fingerprint density at radius 2 is 0.385 bits per heavy atom. The van der Waals surface area contributed by atoms with E-state index in [1.807, 2.05) is 0 Å². The molecule has 0 spiro atoms. The summed E-state index contributed by atoms with van der Waals surface area (Å²) < 4.78 is 0. The smallest absolute Gasteiger partial charge is 2.00 e. The Bertz CT molecular complexity index is 15.6. The molecule has 0 aromatic rings. The Morgan fingerprint density at radius 1 is 0.385 bits per heavy atom. The zero-order chi connectivity index (χ0) is 0. The van der Waals surface area contributed by atoms with E-state index in [2.05, 4.69) is 0 Å². The van der Waals surface area contributed by atoms with E-state index in [-0.39, 0.29) is 106 Å². The first-order valence-corrected chi connectivity index (χ1v) is 0. The maximum atomic E-state index is 0. The van der Waals surface area contributed by atoms with Crippen LogP contribution in [0.5, 0.6) is 0 Å². The predicted molar refractivity (Wildman–Crippen MR) is 34.2 cm³/mol. The fraction of sp³-hybridized carbons (Fsp3) is 0. The summed E-state index contributed by atoms with van der Waals surface area (Å²) in [5.41, 5.74) is 0. The van der Waals surface area contributed by atoms with Crippen LogP contribution >= 0.6 is 0 Å². The van der Waals surface area contributed by atoms with E-state index in [0.29, 0.717) is 0 Å². The molecule has 0 saturated carbocycles. The van der Waals surface area contributed by atoms with E-state index in [1.165, 1.54) is 0 Å². The van der Waals surface area contributed by atoms with Crippen molar-refractivity contribution in [1.82, 2.24) is 0 Å². The van der Waals surface area contributed by atoms with Crippen molar-refractivity contribution < 1.29 is 49.3 Å². The molecule has 4 N–H and O–H groups in total. The molecule has 11 radical (unpaired) electrons. The maximum absolute atomic E-state index is 0. The predicted octanol–water partition coefficient (Wildman–Crippen LogP) is -2.82. The fourth-order valence-corrected chi connectivity index (χ4v) is 0. The summed E-state index contributed by atoms with van der Waals surface area (Å²) in [6.07, 6.45) is 0. The van der Waals surface area contributed by atoms with Crippen LogP contribution in [0.25, 0.3) is 0 Å². The molecular weight excluding hydrogens is 254 g/mol. The molecule has 0 heterocycles. The monoisotopic (exact) mass is 258 g/mol. The van der Waals surface area contributed by atoms with E-state index in [4.69, 9.17) is 0 Å². The van der Waals surface area contributed by atoms with E-state index in [1.54, 1.807) is 0 Å². The van der Waals surface area contributed by atoms with Crippen LogP contribution in [0, 0.1) is 0 Å². The Kier molecular flexibility index (Phi) is 216000. The summed E-state index contributed by atoms with van der Waals surface area (Å²) in [5.74, 6) is 0. The third kappa shape index (κ3) is 1260. The summed E-state index contributed by atoms with van der Waals surface area (Å²) in [4.78, 5) is 0. The minimum Gasteiger partial charge on any atom is -2.00 e. The van der Waals surface area contributed by atoms with Crippen LogP contribution in [0.4, 0.5) is 0 Å². The van der Waals surface area contributed by atoms with Gasteiger partial charge in [-0.3, -0.25) is 0 Å². The molecule has 0 atom stereocenters. The molecule has 0 aliphatic heterocycles. The summed E-state index contributed by atoms with van der Waals surface area (Å²) in [7, 11) is 0. The van der Waals surface area contributed by atoms with E-state index >= 15 is 0 Å². The van der Waals surface area contributed by atoms with Gasteiger partial charge in [0.2, 0.25) is 0 Å². The molecule has 0 rings (SSSR count). The first-order chi connectivity index (χ1) is 0. The van der Waals surface area contributed by atoms with Crippen molar-refractivity contribution in [2.45, 2.75) is 0 Å². The zero-order valence-corrected chi connectivity index (χ0v) is 10.3. The van der Waals surface area contributed by atoms with E-state index in [0.717, 1.165) is 0 Å². The van der Waals surface area contributed by atoms with Crippen molar-refractivity contribution in [3.05, 3.63) is 0 Å². The first kappa shape index (κ1) is 1880. The summed E-state index contributed by atoms with van der Waals surface area (Å²) in [6, 6.07) is 0. The van der Waals surface area contributed by atoms with Gasteiger partial charge >= 0.3 is 17.4 Å². The Labute approximate surface area is 106 Å². The Hall–Kier alpha value is 1.14. The molecule has 9 nitrogen and oxygen atoms in total. The molecule has 0 fully saturated rings. The summed E-state index contributed by atoms with van der Waals surface area (Å²) in [5, 5.41) is 0. The molecule has 0 bridgehead atoms. The van der Waals surface area contributed by atoms with Gasteiger partial charge in [0.1, 0.15) is 0 Å². The van der Waals surface area contributed by atoms with Gasteiger partial charge in [0.05, 0.1) is 0 Å². The second-order valence-electron chi connectivity index (χ2n) is 0. The van der Waals surface area contributed by atoms with Crippen molar-refractivity contribution in [2.75, 3.05) is 0 Å². The van der Waals surface area contributed by atoms with Gasteiger partial charge in [-0.2, -0.15) is 0 Å². The molecular formula is H4Al2O9Si2-11. The van der Waals surface area contributed by atoms with Gasteiger partial charge in [-0.1, -0.05) is 0 Å². The second kappa shape index (κ2) is 1490. The zero-order valence-electron chi connectivity index (χ0n) is 5.98. The van der Waals surface area contributed by atoms with Crippen molar-refractivity contribution in [3.8, 4) is 0 Å². The third-order valence-electron chi connectivity index (χ3n) is 0. The van der Waals surface area contributed by atoms with Gasteiger partial charge in [0.15, 0.2) is 0 Å². The molecule has 0 aliphatic carbocycles. The molecule has 0 amide bonds. The van der Waals surface area contributed by atoms with E-state index < -0.39 is 0 Å². The normalized spacial score (nSPS) is 0. The summed E-state index contributed by atoms with van der Waals surface area (Å²) in [6.45, 7) is 0. The first-order valence-electron chi connectivity index (χ1n) is 0. The van der Waals surface area contributed by atoms with E-state index in [9.17, 15) is 0 Å². The molecule has 0 unspecified atom stereocenters. The van der Waals surface area contributed by atoms with Gasteiger partial charge in [-0.25, -0.2) is 0 Å². The SMILES string of the molecule is [Al+3].[Al].[O-2].[O-2].[O-2].[O-2].[O-2].[OH-].[OH-].[OH-].[OH-].[Si].[Si]. The minimum atomic E-state index is 0. The number of hydrogen-bond donors (Lipinski definition) is 0. The van der Waals surface area contributed by atoms with Crippen molar-refractivity contribution >= 4 is 56.7 Å². The molecule has 0 saturated heterocycles. The standard InChI is InChI=1S/2Al.4H2O.5O.2Si/h;;4*1H2;;;;;;;/q;+3;;;;;5*-2;;/p-4. The van der Waals surface area contributed by atoms with Gasteiger partial charge < -0.3 is 49.3 Å². The topological polar surface area (TPSA) is 262 Å². The molecule has 0 aromatic carbocycles. The van der Waals surface area contributed by atoms with Crippen LogP contribution in [-0.4, -0.2) is 78.6 Å². The Morgan fingerprint density at radius 3 is 0.385 bits per heavy atom. The van der Waals surface area contributed by atoms with Crippen LogP contribution in [0.2, 0.25) is 0 Å².